The molecule has 0 heterocycles. The van der Waals surface area contributed by atoms with Crippen LogP contribution in [0.1, 0.15) is 15.9 Å². The Bertz CT molecular complexity index is 661. The second-order valence-electron chi connectivity index (χ2n) is 3.92. The zero-order chi connectivity index (χ0) is 14.7. The van der Waals surface area contributed by atoms with E-state index >= 15 is 0 Å². The summed E-state index contributed by atoms with van der Waals surface area (Å²) in [5.41, 5.74) is 0.555. The molecule has 0 radical (unpaired) electrons. The lowest BCUT2D eigenvalue weighted by Crippen LogP contribution is -2.03. The SMILES string of the molecule is O=C(O)c1ccc(OCc2ccccc2Cl)c(F)c1Br. The molecule has 6 heteroatoms. The highest BCUT2D eigenvalue weighted by Gasteiger charge is 2.16. The van der Waals surface area contributed by atoms with Crippen molar-refractivity contribution in [2.75, 3.05) is 0 Å². The van der Waals surface area contributed by atoms with Gasteiger partial charge < -0.3 is 9.84 Å². The number of carboxylic acids is 1. The van der Waals surface area contributed by atoms with Crippen molar-refractivity contribution in [3.63, 3.8) is 0 Å². The van der Waals surface area contributed by atoms with Crippen LogP contribution < -0.4 is 4.74 Å². The van der Waals surface area contributed by atoms with Gasteiger partial charge in [-0.3, -0.25) is 0 Å². The molecule has 0 bridgehead atoms. The Labute approximate surface area is 128 Å². The maximum atomic E-state index is 14.0. The Balaban J connectivity index is 2.21. The van der Waals surface area contributed by atoms with Crippen molar-refractivity contribution in [1.29, 1.82) is 0 Å². The first kappa shape index (κ1) is 14.8. The topological polar surface area (TPSA) is 46.5 Å². The monoisotopic (exact) mass is 358 g/mol. The summed E-state index contributed by atoms with van der Waals surface area (Å²) in [5, 5.41) is 9.39. The summed E-state index contributed by atoms with van der Waals surface area (Å²) in [4.78, 5) is 10.9. The van der Waals surface area contributed by atoms with Gasteiger partial charge >= 0.3 is 5.97 Å². The fraction of sp³-hybridized carbons (Fsp3) is 0.0714. The average Bonchev–Trinajstić information content (AvgIpc) is 2.41. The number of benzene rings is 2. The lowest BCUT2D eigenvalue weighted by atomic mass is 10.2. The Morgan fingerprint density at radius 2 is 2.00 bits per heavy atom. The first-order valence-electron chi connectivity index (χ1n) is 5.58. The molecule has 2 rings (SSSR count). The number of carbonyl (C=O) groups is 1. The van der Waals surface area contributed by atoms with E-state index in [-0.39, 0.29) is 22.4 Å². The Morgan fingerprint density at radius 3 is 2.65 bits per heavy atom. The molecule has 2 aromatic rings. The van der Waals surface area contributed by atoms with Crippen LogP contribution in [-0.2, 0) is 6.61 Å². The van der Waals surface area contributed by atoms with Crippen LogP contribution in [0.4, 0.5) is 4.39 Å². The Morgan fingerprint density at radius 1 is 1.30 bits per heavy atom. The smallest absolute Gasteiger partial charge is 0.336 e. The number of aromatic carboxylic acids is 1. The molecule has 0 aromatic heterocycles. The normalized spacial score (nSPS) is 10.3. The van der Waals surface area contributed by atoms with Crippen molar-refractivity contribution < 1.29 is 19.0 Å². The van der Waals surface area contributed by atoms with E-state index in [1.54, 1.807) is 24.3 Å². The molecular formula is C14H9BrClFO3. The van der Waals surface area contributed by atoms with Crippen LogP contribution in [0, 0.1) is 5.82 Å². The molecule has 0 aliphatic heterocycles. The van der Waals surface area contributed by atoms with Gasteiger partial charge in [-0.25, -0.2) is 9.18 Å². The minimum Gasteiger partial charge on any atom is -0.486 e. The number of rotatable bonds is 4. The first-order valence-corrected chi connectivity index (χ1v) is 6.75. The molecule has 104 valence electrons. The second kappa shape index (κ2) is 6.24. The molecule has 2 aromatic carbocycles. The largest absolute Gasteiger partial charge is 0.486 e. The maximum Gasteiger partial charge on any atom is 0.336 e. The third-order valence-electron chi connectivity index (χ3n) is 2.62. The quantitative estimate of drug-likeness (QED) is 0.873. The van der Waals surface area contributed by atoms with Gasteiger partial charge in [-0.2, -0.15) is 0 Å². The van der Waals surface area contributed by atoms with Crippen LogP contribution >= 0.6 is 27.5 Å². The van der Waals surface area contributed by atoms with Crippen molar-refractivity contribution in [3.8, 4) is 5.75 Å². The van der Waals surface area contributed by atoms with Crippen molar-refractivity contribution in [2.24, 2.45) is 0 Å². The van der Waals surface area contributed by atoms with Gasteiger partial charge in [0.05, 0.1) is 10.0 Å². The molecule has 1 N–H and O–H groups in total. The Hall–Kier alpha value is -1.59. The molecule has 0 aliphatic rings. The summed E-state index contributed by atoms with van der Waals surface area (Å²) < 4.78 is 19.2. The highest BCUT2D eigenvalue weighted by molar-refractivity contribution is 9.10. The molecular weight excluding hydrogens is 351 g/mol. The molecule has 0 amide bonds. The Kier molecular flexibility index (Phi) is 4.62. The molecule has 0 saturated heterocycles. The number of halogens is 3. The second-order valence-corrected chi connectivity index (χ2v) is 5.12. The van der Waals surface area contributed by atoms with Crippen molar-refractivity contribution >= 4 is 33.5 Å². The van der Waals surface area contributed by atoms with E-state index < -0.39 is 11.8 Å². The van der Waals surface area contributed by atoms with Crippen LogP contribution in [-0.4, -0.2) is 11.1 Å². The van der Waals surface area contributed by atoms with Crippen LogP contribution in [0.5, 0.6) is 5.75 Å². The third-order valence-corrected chi connectivity index (χ3v) is 3.76. The first-order chi connectivity index (χ1) is 9.50. The van der Waals surface area contributed by atoms with E-state index in [9.17, 15) is 9.18 Å². The predicted molar refractivity (Wildman–Crippen MR) is 76.8 cm³/mol. The lowest BCUT2D eigenvalue weighted by molar-refractivity contribution is 0.0695. The van der Waals surface area contributed by atoms with Crippen molar-refractivity contribution in [1.82, 2.24) is 0 Å². The molecule has 20 heavy (non-hydrogen) atoms. The van der Waals surface area contributed by atoms with Gasteiger partial charge in [0.2, 0.25) is 0 Å². The molecule has 0 spiro atoms. The molecule has 0 saturated carbocycles. The van der Waals surface area contributed by atoms with Crippen LogP contribution in [0.3, 0.4) is 0 Å². The van der Waals surface area contributed by atoms with Crippen LogP contribution in [0.2, 0.25) is 5.02 Å². The highest BCUT2D eigenvalue weighted by Crippen LogP contribution is 2.29. The molecule has 0 aliphatic carbocycles. The van der Waals surface area contributed by atoms with E-state index in [4.69, 9.17) is 21.4 Å². The van der Waals surface area contributed by atoms with Crippen LogP contribution in [0.15, 0.2) is 40.9 Å². The number of hydrogen-bond donors (Lipinski definition) is 1. The number of carboxylic acid groups (broad SMARTS) is 1. The van der Waals surface area contributed by atoms with E-state index in [1.807, 2.05) is 0 Å². The highest BCUT2D eigenvalue weighted by atomic mass is 79.9. The number of ether oxygens (including phenoxy) is 1. The third kappa shape index (κ3) is 3.11. The van der Waals surface area contributed by atoms with Gasteiger partial charge in [0.25, 0.3) is 0 Å². The van der Waals surface area contributed by atoms with E-state index in [0.29, 0.717) is 10.6 Å². The summed E-state index contributed by atoms with van der Waals surface area (Å²) in [7, 11) is 0. The van der Waals surface area contributed by atoms with Gasteiger partial charge in [0.15, 0.2) is 11.6 Å². The van der Waals surface area contributed by atoms with Gasteiger partial charge in [-0.05, 0) is 34.1 Å². The zero-order valence-electron chi connectivity index (χ0n) is 10.1. The minimum absolute atomic E-state index is 0.0400. The minimum atomic E-state index is -1.21. The van der Waals surface area contributed by atoms with E-state index in [2.05, 4.69) is 15.9 Å². The molecule has 3 nitrogen and oxygen atoms in total. The summed E-state index contributed by atoms with van der Waals surface area (Å²) in [6.45, 7) is 0.0927. The fourth-order valence-corrected chi connectivity index (χ4v) is 2.27. The summed E-state index contributed by atoms with van der Waals surface area (Å²) >= 11 is 8.88. The number of hydrogen-bond acceptors (Lipinski definition) is 2. The average molecular weight is 360 g/mol. The molecule has 0 fully saturated rings. The predicted octanol–water partition coefficient (Wildman–Crippen LogP) is 4.52. The van der Waals surface area contributed by atoms with Crippen molar-refractivity contribution in [3.05, 3.63) is 62.8 Å². The van der Waals surface area contributed by atoms with Gasteiger partial charge in [0, 0.05) is 10.6 Å². The maximum absolute atomic E-state index is 14.0. The van der Waals surface area contributed by atoms with Crippen molar-refractivity contribution in [2.45, 2.75) is 6.61 Å². The lowest BCUT2D eigenvalue weighted by Gasteiger charge is -2.10. The summed E-state index contributed by atoms with van der Waals surface area (Å²) in [6.07, 6.45) is 0. The molecule has 0 unspecified atom stereocenters. The fourth-order valence-electron chi connectivity index (χ4n) is 1.58. The molecule has 0 atom stereocenters. The standard InChI is InChI=1S/C14H9BrClFO3/c15-12-9(14(18)19)5-6-11(13(12)17)20-7-8-3-1-2-4-10(8)16/h1-6H,7H2,(H,18,19). The van der Waals surface area contributed by atoms with Gasteiger partial charge in [-0.15, -0.1) is 0 Å². The zero-order valence-corrected chi connectivity index (χ0v) is 12.4. The summed E-state index contributed by atoms with van der Waals surface area (Å²) in [6, 6.07) is 9.60. The summed E-state index contributed by atoms with van der Waals surface area (Å²) in [5.74, 6) is -2.01. The van der Waals surface area contributed by atoms with E-state index in [1.165, 1.54) is 12.1 Å². The van der Waals surface area contributed by atoms with Crippen LogP contribution in [0.25, 0.3) is 0 Å². The van der Waals surface area contributed by atoms with Gasteiger partial charge in [-0.1, -0.05) is 29.8 Å². The van der Waals surface area contributed by atoms with E-state index in [0.717, 1.165) is 0 Å². The van der Waals surface area contributed by atoms with Gasteiger partial charge in [0.1, 0.15) is 6.61 Å².